The van der Waals surface area contributed by atoms with Crippen molar-refractivity contribution in [2.75, 3.05) is 7.05 Å². The number of pyridine rings is 1. The Hall–Kier alpha value is -2.47. The lowest BCUT2D eigenvalue weighted by atomic mass is 10.2. The average Bonchev–Trinajstić information content (AvgIpc) is 3.09. The van der Waals surface area contributed by atoms with E-state index in [1.54, 1.807) is 18.7 Å². The third-order valence-electron chi connectivity index (χ3n) is 3.41. The van der Waals surface area contributed by atoms with Crippen LogP contribution in [0.1, 0.15) is 22.7 Å². The number of aromatic nitrogens is 3. The zero-order valence-corrected chi connectivity index (χ0v) is 12.9. The first-order valence-corrected chi connectivity index (χ1v) is 7.08. The molecule has 0 radical (unpaired) electrons. The first-order chi connectivity index (χ1) is 10.6. The third-order valence-corrected chi connectivity index (χ3v) is 3.41. The number of aryl methyl sites for hydroxylation is 2. The molecular weight excluding hydrogens is 280 g/mol. The van der Waals surface area contributed by atoms with Crippen LogP contribution >= 0.6 is 0 Å². The van der Waals surface area contributed by atoms with Gasteiger partial charge in [0.25, 0.3) is 5.89 Å². The van der Waals surface area contributed by atoms with Crippen molar-refractivity contribution >= 4 is 0 Å². The summed E-state index contributed by atoms with van der Waals surface area (Å²) in [6.07, 6.45) is 5.22. The van der Waals surface area contributed by atoms with Crippen molar-refractivity contribution in [3.05, 3.63) is 53.5 Å². The first-order valence-electron chi connectivity index (χ1n) is 7.08. The highest BCUT2D eigenvalue weighted by Crippen LogP contribution is 2.18. The highest BCUT2D eigenvalue weighted by atomic mass is 16.5. The molecule has 0 fully saturated rings. The van der Waals surface area contributed by atoms with E-state index in [0.29, 0.717) is 18.3 Å². The maximum Gasteiger partial charge on any atom is 0.259 e. The molecule has 6 nitrogen and oxygen atoms in total. The monoisotopic (exact) mass is 298 g/mol. The summed E-state index contributed by atoms with van der Waals surface area (Å²) >= 11 is 0. The molecule has 0 spiro atoms. The molecule has 0 unspecified atom stereocenters. The molecule has 0 aliphatic heterocycles. The summed E-state index contributed by atoms with van der Waals surface area (Å²) < 4.78 is 10.6. The molecule has 0 atom stereocenters. The Morgan fingerprint density at radius 2 is 2.05 bits per heavy atom. The van der Waals surface area contributed by atoms with E-state index in [9.17, 15) is 0 Å². The summed E-state index contributed by atoms with van der Waals surface area (Å²) in [6, 6.07) is 3.95. The molecule has 3 heterocycles. The molecule has 0 saturated heterocycles. The molecule has 0 aromatic carbocycles. The second-order valence-corrected chi connectivity index (χ2v) is 5.44. The molecule has 0 N–H and O–H groups in total. The average molecular weight is 298 g/mol. The smallest absolute Gasteiger partial charge is 0.259 e. The van der Waals surface area contributed by atoms with Crippen molar-refractivity contribution in [1.29, 1.82) is 0 Å². The summed E-state index contributed by atoms with van der Waals surface area (Å²) in [5.74, 6) is 2.09. The van der Waals surface area contributed by atoms with Gasteiger partial charge < -0.3 is 8.94 Å². The first kappa shape index (κ1) is 14.5. The molecule has 3 rings (SSSR count). The van der Waals surface area contributed by atoms with Crippen LogP contribution in [-0.4, -0.2) is 27.1 Å². The quantitative estimate of drug-likeness (QED) is 0.721. The highest BCUT2D eigenvalue weighted by molar-refractivity contribution is 5.51. The fourth-order valence-corrected chi connectivity index (χ4v) is 2.27. The van der Waals surface area contributed by atoms with Crippen LogP contribution < -0.4 is 0 Å². The van der Waals surface area contributed by atoms with E-state index >= 15 is 0 Å². The van der Waals surface area contributed by atoms with Gasteiger partial charge in [0.05, 0.1) is 18.4 Å². The van der Waals surface area contributed by atoms with E-state index in [1.807, 2.05) is 33.0 Å². The van der Waals surface area contributed by atoms with E-state index in [-0.39, 0.29) is 0 Å². The minimum absolute atomic E-state index is 0.499. The minimum Gasteiger partial charge on any atom is -0.469 e. The Morgan fingerprint density at radius 3 is 2.77 bits per heavy atom. The predicted molar refractivity (Wildman–Crippen MR) is 80.9 cm³/mol. The van der Waals surface area contributed by atoms with Crippen molar-refractivity contribution < 1.29 is 8.94 Å². The summed E-state index contributed by atoms with van der Waals surface area (Å²) in [7, 11) is 2.01. The Bertz CT molecular complexity index is 763. The standard InChI is InChI=1S/C16H18N4O2/c1-11-6-14(8-17-7-11)16-18-15(19-22-16)10-20(3)9-13-4-5-21-12(13)2/h4-8H,9-10H2,1-3H3. The second-order valence-electron chi connectivity index (χ2n) is 5.44. The normalized spacial score (nSPS) is 11.3. The molecule has 3 aromatic rings. The molecule has 0 aliphatic rings. The molecule has 6 heteroatoms. The second kappa shape index (κ2) is 6.11. The van der Waals surface area contributed by atoms with Crippen LogP contribution in [0.4, 0.5) is 0 Å². The van der Waals surface area contributed by atoms with Gasteiger partial charge in [0.2, 0.25) is 0 Å². The van der Waals surface area contributed by atoms with Crippen LogP contribution in [0.25, 0.3) is 11.5 Å². The largest absolute Gasteiger partial charge is 0.469 e. The van der Waals surface area contributed by atoms with E-state index in [2.05, 4.69) is 20.0 Å². The van der Waals surface area contributed by atoms with Gasteiger partial charge >= 0.3 is 0 Å². The van der Waals surface area contributed by atoms with Crippen LogP contribution in [0.5, 0.6) is 0 Å². The molecule has 114 valence electrons. The lowest BCUT2D eigenvalue weighted by Crippen LogP contribution is -2.18. The Balaban J connectivity index is 1.68. The van der Waals surface area contributed by atoms with Crippen LogP contribution in [0, 0.1) is 13.8 Å². The number of hydrogen-bond donors (Lipinski definition) is 0. The maximum atomic E-state index is 5.32. The van der Waals surface area contributed by atoms with Crippen LogP contribution in [0.15, 0.2) is 39.7 Å². The zero-order chi connectivity index (χ0) is 15.5. The number of rotatable bonds is 5. The maximum absolute atomic E-state index is 5.32. The van der Waals surface area contributed by atoms with Gasteiger partial charge in [0.1, 0.15) is 5.76 Å². The van der Waals surface area contributed by atoms with E-state index < -0.39 is 0 Å². The molecular formula is C16H18N4O2. The predicted octanol–water partition coefficient (Wildman–Crippen LogP) is 2.97. The lowest BCUT2D eigenvalue weighted by Gasteiger charge is -2.13. The van der Waals surface area contributed by atoms with Gasteiger partial charge in [-0.25, -0.2) is 0 Å². The highest BCUT2D eigenvalue weighted by Gasteiger charge is 2.12. The fraction of sp³-hybridized carbons (Fsp3) is 0.312. The number of nitrogens with zero attached hydrogens (tertiary/aromatic N) is 4. The summed E-state index contributed by atoms with van der Waals surface area (Å²) in [5.41, 5.74) is 3.06. The van der Waals surface area contributed by atoms with Crippen molar-refractivity contribution in [2.24, 2.45) is 0 Å². The molecule has 0 aliphatic carbocycles. The number of furan rings is 1. The molecule has 22 heavy (non-hydrogen) atoms. The van der Waals surface area contributed by atoms with Crippen molar-refractivity contribution in [3.63, 3.8) is 0 Å². The Morgan fingerprint density at radius 1 is 1.18 bits per heavy atom. The summed E-state index contributed by atoms with van der Waals surface area (Å²) in [5, 5.41) is 4.03. The topological polar surface area (TPSA) is 68.2 Å². The van der Waals surface area contributed by atoms with Crippen LogP contribution in [0.3, 0.4) is 0 Å². The van der Waals surface area contributed by atoms with Gasteiger partial charge in [-0.15, -0.1) is 0 Å². The Labute approximate surface area is 128 Å². The van der Waals surface area contributed by atoms with Gasteiger partial charge in [-0.1, -0.05) is 5.16 Å². The fourth-order valence-electron chi connectivity index (χ4n) is 2.27. The van der Waals surface area contributed by atoms with Gasteiger partial charge in [-0.2, -0.15) is 4.98 Å². The summed E-state index contributed by atoms with van der Waals surface area (Å²) in [4.78, 5) is 10.7. The number of hydrogen-bond acceptors (Lipinski definition) is 6. The minimum atomic E-state index is 0.499. The van der Waals surface area contributed by atoms with Crippen molar-refractivity contribution in [1.82, 2.24) is 20.0 Å². The van der Waals surface area contributed by atoms with Gasteiger partial charge in [-0.05, 0) is 38.6 Å². The van der Waals surface area contributed by atoms with Crippen LogP contribution in [-0.2, 0) is 13.1 Å². The van der Waals surface area contributed by atoms with Gasteiger partial charge in [0.15, 0.2) is 5.82 Å². The summed E-state index contributed by atoms with van der Waals surface area (Å²) in [6.45, 7) is 5.32. The lowest BCUT2D eigenvalue weighted by molar-refractivity contribution is 0.300. The molecule has 0 amide bonds. The van der Waals surface area contributed by atoms with Crippen molar-refractivity contribution in [3.8, 4) is 11.5 Å². The van der Waals surface area contributed by atoms with Gasteiger partial charge in [0, 0.05) is 24.5 Å². The van der Waals surface area contributed by atoms with Crippen molar-refractivity contribution in [2.45, 2.75) is 26.9 Å². The van der Waals surface area contributed by atoms with E-state index in [4.69, 9.17) is 8.94 Å². The molecule has 3 aromatic heterocycles. The Kier molecular flexibility index (Phi) is 4.02. The van der Waals surface area contributed by atoms with Gasteiger partial charge in [-0.3, -0.25) is 9.88 Å². The van der Waals surface area contributed by atoms with E-state index in [0.717, 1.165) is 29.0 Å². The molecule has 0 bridgehead atoms. The van der Waals surface area contributed by atoms with E-state index in [1.165, 1.54) is 0 Å². The zero-order valence-electron chi connectivity index (χ0n) is 12.9. The van der Waals surface area contributed by atoms with Crippen LogP contribution in [0.2, 0.25) is 0 Å². The molecule has 0 saturated carbocycles. The SMILES string of the molecule is Cc1cncc(-c2nc(CN(C)Cc3ccoc3C)no2)c1. The third kappa shape index (κ3) is 3.23.